The molecule has 0 saturated carbocycles. The van der Waals surface area contributed by atoms with Crippen molar-refractivity contribution in [3.05, 3.63) is 35.9 Å². The quantitative estimate of drug-likeness (QED) is 0.907. The van der Waals surface area contributed by atoms with Gasteiger partial charge in [0.2, 0.25) is 0 Å². The van der Waals surface area contributed by atoms with Crippen molar-refractivity contribution in [2.75, 3.05) is 19.8 Å². The fraction of sp³-hybridized carbons (Fsp3) is 0.600. The topological polar surface area (TPSA) is 69.8 Å². The highest BCUT2D eigenvalue weighted by Gasteiger charge is 2.28. The summed E-state index contributed by atoms with van der Waals surface area (Å²) in [5.41, 5.74) is 2.35. The minimum absolute atomic E-state index is 0.0784. The molecule has 1 saturated heterocycles. The number of aromatic amines is 2. The van der Waals surface area contributed by atoms with Crippen LogP contribution in [-0.2, 0) is 16.7 Å². The van der Waals surface area contributed by atoms with Crippen molar-refractivity contribution in [1.82, 2.24) is 24.8 Å². The Labute approximate surface area is 124 Å². The number of ether oxygens (including phenoxy) is 1. The van der Waals surface area contributed by atoms with E-state index in [-0.39, 0.29) is 11.5 Å². The molecule has 0 amide bonds. The lowest BCUT2D eigenvalue weighted by Gasteiger charge is -2.34. The summed E-state index contributed by atoms with van der Waals surface area (Å²) in [5, 5.41) is 0. The predicted molar refractivity (Wildman–Crippen MR) is 79.8 cm³/mol. The summed E-state index contributed by atoms with van der Waals surface area (Å²) >= 11 is 0. The molecule has 1 aliphatic rings. The highest BCUT2D eigenvalue weighted by atomic mass is 16.5. The molecule has 0 aromatic carbocycles. The smallest absolute Gasteiger partial charge is 0.126 e. The second-order valence-electron chi connectivity index (χ2n) is 6.57. The molecule has 2 N–H and O–H groups in total. The minimum Gasteiger partial charge on any atom is -0.378 e. The van der Waals surface area contributed by atoms with Gasteiger partial charge in [0.15, 0.2) is 0 Å². The summed E-state index contributed by atoms with van der Waals surface area (Å²) in [6.45, 7) is 9.72. The van der Waals surface area contributed by atoms with E-state index in [9.17, 15) is 0 Å². The maximum absolute atomic E-state index is 5.65. The number of imidazole rings is 2. The molecule has 3 rings (SSSR count). The molecule has 0 spiro atoms. The lowest BCUT2D eigenvalue weighted by molar-refractivity contribution is -0.0161. The van der Waals surface area contributed by atoms with Crippen LogP contribution in [0, 0.1) is 0 Å². The molecule has 114 valence electrons. The van der Waals surface area contributed by atoms with Gasteiger partial charge in [-0.1, -0.05) is 20.8 Å². The normalized spacial score (nSPS) is 20.8. The largest absolute Gasteiger partial charge is 0.378 e. The van der Waals surface area contributed by atoms with Gasteiger partial charge >= 0.3 is 0 Å². The van der Waals surface area contributed by atoms with Gasteiger partial charge in [0, 0.05) is 42.3 Å². The van der Waals surface area contributed by atoms with Crippen LogP contribution < -0.4 is 0 Å². The van der Waals surface area contributed by atoms with Gasteiger partial charge in [0.25, 0.3) is 0 Å². The van der Waals surface area contributed by atoms with E-state index in [4.69, 9.17) is 4.74 Å². The van der Waals surface area contributed by atoms with Crippen molar-refractivity contribution in [2.45, 2.75) is 38.8 Å². The Hall–Kier alpha value is -1.66. The van der Waals surface area contributed by atoms with E-state index < -0.39 is 0 Å². The Morgan fingerprint density at radius 1 is 1.38 bits per heavy atom. The second kappa shape index (κ2) is 5.61. The van der Waals surface area contributed by atoms with Crippen LogP contribution in [0.4, 0.5) is 0 Å². The van der Waals surface area contributed by atoms with Crippen LogP contribution in [0.5, 0.6) is 0 Å². The maximum Gasteiger partial charge on any atom is 0.126 e. The number of hydrogen-bond donors (Lipinski definition) is 2. The van der Waals surface area contributed by atoms with Crippen LogP contribution in [-0.4, -0.2) is 44.6 Å². The predicted octanol–water partition coefficient (Wildman–Crippen LogP) is 2.00. The van der Waals surface area contributed by atoms with Crippen LogP contribution in [0.15, 0.2) is 18.7 Å². The van der Waals surface area contributed by atoms with E-state index in [2.05, 4.69) is 45.6 Å². The molecular weight excluding hydrogens is 266 g/mol. The maximum atomic E-state index is 5.65. The molecule has 1 aliphatic heterocycles. The lowest BCUT2D eigenvalue weighted by Crippen LogP contribution is -2.39. The molecule has 0 radical (unpaired) electrons. The van der Waals surface area contributed by atoms with E-state index in [0.29, 0.717) is 6.61 Å². The third-order valence-corrected chi connectivity index (χ3v) is 3.89. The third-order valence-electron chi connectivity index (χ3n) is 3.89. The van der Waals surface area contributed by atoms with E-state index >= 15 is 0 Å². The van der Waals surface area contributed by atoms with Crippen molar-refractivity contribution in [3.63, 3.8) is 0 Å². The SMILES string of the molecule is CC(C)(C)c1cnc([C@@H]2COCCN2Cc2cnc[nH]2)[nH]1. The van der Waals surface area contributed by atoms with Gasteiger partial charge in [-0.05, 0) is 0 Å². The van der Waals surface area contributed by atoms with E-state index in [1.54, 1.807) is 6.33 Å². The highest BCUT2D eigenvalue weighted by molar-refractivity contribution is 5.14. The Bertz CT molecular complexity index is 569. The first-order chi connectivity index (χ1) is 10.0. The Morgan fingerprint density at radius 2 is 2.24 bits per heavy atom. The second-order valence-corrected chi connectivity index (χ2v) is 6.57. The summed E-state index contributed by atoms with van der Waals surface area (Å²) in [6, 6.07) is 0.165. The minimum atomic E-state index is 0.0784. The van der Waals surface area contributed by atoms with Crippen LogP contribution in [0.1, 0.15) is 44.0 Å². The summed E-state index contributed by atoms with van der Waals surface area (Å²) in [5.74, 6) is 0.985. The van der Waals surface area contributed by atoms with E-state index in [1.165, 1.54) is 0 Å². The Morgan fingerprint density at radius 3 is 2.90 bits per heavy atom. The molecule has 1 fully saturated rings. The molecular formula is C15H23N5O. The van der Waals surface area contributed by atoms with Crippen LogP contribution in [0.25, 0.3) is 0 Å². The van der Waals surface area contributed by atoms with Crippen LogP contribution in [0.3, 0.4) is 0 Å². The number of morpholine rings is 1. The zero-order valence-electron chi connectivity index (χ0n) is 12.9. The summed E-state index contributed by atoms with van der Waals surface area (Å²) in [4.78, 5) is 17.7. The summed E-state index contributed by atoms with van der Waals surface area (Å²) < 4.78 is 5.65. The highest BCUT2D eigenvalue weighted by Crippen LogP contribution is 2.26. The third kappa shape index (κ3) is 3.16. The summed E-state index contributed by atoms with van der Waals surface area (Å²) in [7, 11) is 0. The molecule has 0 aliphatic carbocycles. The van der Waals surface area contributed by atoms with E-state index in [0.717, 1.165) is 36.9 Å². The summed E-state index contributed by atoms with van der Waals surface area (Å²) in [6.07, 6.45) is 5.53. The molecule has 6 heteroatoms. The van der Waals surface area contributed by atoms with Gasteiger partial charge in [-0.2, -0.15) is 0 Å². The molecule has 3 heterocycles. The first-order valence-electron chi connectivity index (χ1n) is 7.38. The van der Waals surface area contributed by atoms with Gasteiger partial charge in [0.05, 0.1) is 25.6 Å². The zero-order valence-corrected chi connectivity index (χ0v) is 12.9. The number of rotatable bonds is 3. The van der Waals surface area contributed by atoms with E-state index in [1.807, 2.05) is 12.4 Å². The van der Waals surface area contributed by atoms with Crippen molar-refractivity contribution in [1.29, 1.82) is 0 Å². The van der Waals surface area contributed by atoms with Crippen molar-refractivity contribution in [2.24, 2.45) is 0 Å². The Balaban J connectivity index is 1.79. The number of hydrogen-bond acceptors (Lipinski definition) is 4. The zero-order chi connectivity index (χ0) is 14.9. The van der Waals surface area contributed by atoms with Crippen molar-refractivity contribution < 1.29 is 4.74 Å². The monoisotopic (exact) mass is 289 g/mol. The fourth-order valence-electron chi connectivity index (χ4n) is 2.56. The van der Waals surface area contributed by atoms with Crippen LogP contribution in [0.2, 0.25) is 0 Å². The Kier molecular flexibility index (Phi) is 3.82. The van der Waals surface area contributed by atoms with Gasteiger partial charge < -0.3 is 14.7 Å². The van der Waals surface area contributed by atoms with Gasteiger partial charge in [-0.15, -0.1) is 0 Å². The first kappa shape index (κ1) is 14.3. The molecule has 1 atom stereocenters. The molecule has 0 unspecified atom stereocenters. The average molecular weight is 289 g/mol. The van der Waals surface area contributed by atoms with Crippen molar-refractivity contribution >= 4 is 0 Å². The molecule has 2 aromatic rings. The number of aromatic nitrogens is 4. The first-order valence-corrected chi connectivity index (χ1v) is 7.38. The van der Waals surface area contributed by atoms with Gasteiger partial charge in [0.1, 0.15) is 5.82 Å². The molecule has 2 aromatic heterocycles. The number of H-pyrrole nitrogens is 2. The average Bonchev–Trinajstić information content (AvgIpc) is 3.09. The molecule has 0 bridgehead atoms. The van der Waals surface area contributed by atoms with Gasteiger partial charge in [-0.25, -0.2) is 9.97 Å². The molecule has 21 heavy (non-hydrogen) atoms. The van der Waals surface area contributed by atoms with Gasteiger partial charge in [-0.3, -0.25) is 4.90 Å². The standard InChI is InChI=1S/C15H23N5O/c1-15(2,3)13-7-17-14(19-13)12-9-21-5-4-20(12)8-11-6-16-10-18-11/h6-7,10,12H,4-5,8-9H2,1-3H3,(H,16,18)(H,17,19)/t12-/m0/s1. The van der Waals surface area contributed by atoms with Crippen LogP contribution >= 0.6 is 0 Å². The number of nitrogens with zero attached hydrogens (tertiary/aromatic N) is 3. The molecule has 6 nitrogen and oxygen atoms in total. The fourth-order valence-corrected chi connectivity index (χ4v) is 2.56. The number of nitrogens with one attached hydrogen (secondary N) is 2. The lowest BCUT2D eigenvalue weighted by atomic mass is 9.93. The van der Waals surface area contributed by atoms with Crippen molar-refractivity contribution in [3.8, 4) is 0 Å².